The number of hydrogen-bond donors (Lipinski definition) is 2. The number of rotatable bonds is 4. The van der Waals surface area contributed by atoms with E-state index >= 15 is 0 Å². The molecule has 0 aliphatic carbocycles. The number of nitrogens with two attached hydrogens (primary N) is 1. The molecule has 0 heterocycles. The lowest BCUT2D eigenvalue weighted by Crippen LogP contribution is -2.40. The molecule has 0 saturated carbocycles. The lowest BCUT2D eigenvalue weighted by atomic mass is 10.2. The highest BCUT2D eigenvalue weighted by atomic mass is 16.2. The van der Waals surface area contributed by atoms with E-state index in [1.54, 1.807) is 48.5 Å². The van der Waals surface area contributed by atoms with Gasteiger partial charge >= 0.3 is 11.8 Å². The average Bonchev–Trinajstić information content (AvgIpc) is 2.55. The maximum Gasteiger partial charge on any atom is 0.320 e. The zero-order valence-corrected chi connectivity index (χ0v) is 12.0. The summed E-state index contributed by atoms with van der Waals surface area (Å²) in [5.41, 5.74) is 7.43. The molecule has 0 bridgehead atoms. The summed E-state index contributed by atoms with van der Waals surface area (Å²) in [6.45, 7) is 3.74. The lowest BCUT2D eigenvalue weighted by Gasteiger charge is -2.22. The Labute approximate surface area is 129 Å². The van der Waals surface area contributed by atoms with Gasteiger partial charge in [-0.3, -0.25) is 14.5 Å². The number of nitrogens with one attached hydrogen (secondary N) is 1. The van der Waals surface area contributed by atoms with E-state index in [0.29, 0.717) is 17.1 Å². The van der Waals surface area contributed by atoms with E-state index in [2.05, 4.69) is 11.9 Å². The Balaban J connectivity index is 2.38. The highest BCUT2D eigenvalue weighted by Gasteiger charge is 2.24. The van der Waals surface area contributed by atoms with Crippen LogP contribution in [-0.2, 0) is 9.59 Å². The third-order valence-corrected chi connectivity index (χ3v) is 2.97. The third kappa shape index (κ3) is 3.52. The molecule has 0 spiro atoms. The summed E-state index contributed by atoms with van der Waals surface area (Å²) in [4.78, 5) is 25.8. The van der Waals surface area contributed by atoms with Crippen molar-refractivity contribution >= 4 is 28.9 Å². The fourth-order valence-corrected chi connectivity index (χ4v) is 1.93. The minimum atomic E-state index is -0.694. The molecular weight excluding hydrogens is 278 g/mol. The summed E-state index contributed by atoms with van der Waals surface area (Å²) in [7, 11) is 0. The van der Waals surface area contributed by atoms with Gasteiger partial charge in [-0.05, 0) is 36.4 Å². The van der Waals surface area contributed by atoms with Crippen LogP contribution < -0.4 is 16.0 Å². The second-order valence-electron chi connectivity index (χ2n) is 4.57. The summed E-state index contributed by atoms with van der Waals surface area (Å²) in [6.07, 6.45) is 1.52. The number of amides is 2. The summed E-state index contributed by atoms with van der Waals surface area (Å²) in [5, 5.41) is 2.49. The van der Waals surface area contributed by atoms with Crippen LogP contribution in [0.5, 0.6) is 0 Å². The second-order valence-corrected chi connectivity index (χ2v) is 4.57. The van der Waals surface area contributed by atoms with Crippen LogP contribution in [0.3, 0.4) is 0 Å². The van der Waals surface area contributed by atoms with Gasteiger partial charge in [0.25, 0.3) is 0 Å². The highest BCUT2D eigenvalue weighted by molar-refractivity contribution is 6.42. The molecule has 3 N–H and O–H groups in total. The molecule has 0 aromatic heterocycles. The summed E-state index contributed by atoms with van der Waals surface area (Å²) < 4.78 is 0. The van der Waals surface area contributed by atoms with Crippen LogP contribution in [0.2, 0.25) is 0 Å². The summed E-state index contributed by atoms with van der Waals surface area (Å²) in [5.74, 6) is -1.36. The molecule has 0 atom stereocenters. The zero-order valence-electron chi connectivity index (χ0n) is 12.0. The first kappa shape index (κ1) is 15.3. The topological polar surface area (TPSA) is 75.4 Å². The number of carbonyl (C=O) groups excluding carboxylic acids is 2. The first-order valence-electron chi connectivity index (χ1n) is 6.77. The highest BCUT2D eigenvalue weighted by Crippen LogP contribution is 2.26. The van der Waals surface area contributed by atoms with E-state index in [1.165, 1.54) is 11.0 Å². The summed E-state index contributed by atoms with van der Waals surface area (Å²) in [6, 6.07) is 15.7. The van der Waals surface area contributed by atoms with E-state index in [-0.39, 0.29) is 6.54 Å². The van der Waals surface area contributed by atoms with Crippen molar-refractivity contribution in [2.45, 2.75) is 0 Å². The number of carbonyl (C=O) groups is 2. The number of hydrogen-bond acceptors (Lipinski definition) is 3. The average molecular weight is 295 g/mol. The first-order chi connectivity index (χ1) is 10.6. The van der Waals surface area contributed by atoms with Gasteiger partial charge in [0.15, 0.2) is 0 Å². The molecule has 0 fully saturated rings. The van der Waals surface area contributed by atoms with Crippen molar-refractivity contribution in [1.29, 1.82) is 0 Å². The predicted octanol–water partition coefficient (Wildman–Crippen LogP) is 2.24. The van der Waals surface area contributed by atoms with Crippen molar-refractivity contribution in [2.75, 3.05) is 17.2 Å². The Hall–Kier alpha value is -3.08. The van der Waals surface area contributed by atoms with E-state index in [1.807, 2.05) is 6.07 Å². The molecule has 2 amide bonds. The number of nitrogens with zero attached hydrogens (tertiary/aromatic N) is 1. The van der Waals surface area contributed by atoms with Gasteiger partial charge in [0.05, 0.1) is 0 Å². The fourth-order valence-electron chi connectivity index (χ4n) is 1.93. The normalized spacial score (nSPS) is 9.82. The number of anilines is 3. The van der Waals surface area contributed by atoms with Crippen LogP contribution >= 0.6 is 0 Å². The van der Waals surface area contributed by atoms with Gasteiger partial charge in [0.2, 0.25) is 0 Å². The van der Waals surface area contributed by atoms with Crippen LogP contribution in [0, 0.1) is 0 Å². The van der Waals surface area contributed by atoms with Gasteiger partial charge < -0.3 is 11.1 Å². The molecule has 5 nitrogen and oxygen atoms in total. The van der Waals surface area contributed by atoms with E-state index in [0.717, 1.165) is 0 Å². The van der Waals surface area contributed by atoms with Crippen molar-refractivity contribution in [3.05, 3.63) is 67.3 Å². The largest absolute Gasteiger partial charge is 0.399 e. The molecule has 0 aliphatic heterocycles. The van der Waals surface area contributed by atoms with Crippen molar-refractivity contribution in [1.82, 2.24) is 5.32 Å². The first-order valence-corrected chi connectivity index (χ1v) is 6.77. The van der Waals surface area contributed by atoms with Crippen LogP contribution in [0.4, 0.5) is 17.1 Å². The fraction of sp³-hybridized carbons (Fsp3) is 0.0588. The van der Waals surface area contributed by atoms with Gasteiger partial charge in [-0.1, -0.05) is 24.3 Å². The summed E-state index contributed by atoms with van der Waals surface area (Å²) >= 11 is 0. The molecule has 22 heavy (non-hydrogen) atoms. The molecule has 0 unspecified atom stereocenters. The molecule has 5 heteroatoms. The molecule has 2 aromatic carbocycles. The number of benzene rings is 2. The van der Waals surface area contributed by atoms with Crippen LogP contribution in [0.25, 0.3) is 0 Å². The molecule has 0 saturated heterocycles. The van der Waals surface area contributed by atoms with Gasteiger partial charge in [-0.15, -0.1) is 6.58 Å². The quantitative estimate of drug-likeness (QED) is 0.516. The predicted molar refractivity (Wildman–Crippen MR) is 87.6 cm³/mol. The third-order valence-electron chi connectivity index (χ3n) is 2.97. The molecule has 2 aromatic rings. The van der Waals surface area contributed by atoms with Crippen LogP contribution in [0.1, 0.15) is 0 Å². The zero-order chi connectivity index (χ0) is 15.9. The maximum absolute atomic E-state index is 12.5. The molecule has 0 radical (unpaired) electrons. The molecular formula is C17H17N3O2. The minimum Gasteiger partial charge on any atom is -0.399 e. The van der Waals surface area contributed by atoms with Gasteiger partial charge in [0.1, 0.15) is 0 Å². The Kier molecular flexibility index (Phi) is 4.93. The second kappa shape index (κ2) is 7.08. The van der Waals surface area contributed by atoms with Gasteiger partial charge in [-0.2, -0.15) is 0 Å². The van der Waals surface area contributed by atoms with E-state index in [9.17, 15) is 9.59 Å². The monoisotopic (exact) mass is 295 g/mol. The standard InChI is InChI=1S/C17H17N3O2/c1-2-12-19-16(21)17(22)20(14-6-4-3-5-7-14)15-10-8-13(18)9-11-15/h2-11H,1,12,18H2,(H,19,21). The SMILES string of the molecule is C=CCNC(=O)C(=O)N(c1ccccc1)c1ccc(N)cc1. The van der Waals surface area contributed by atoms with E-state index < -0.39 is 11.8 Å². The van der Waals surface area contributed by atoms with Crippen molar-refractivity contribution in [2.24, 2.45) is 0 Å². The van der Waals surface area contributed by atoms with Crippen molar-refractivity contribution < 1.29 is 9.59 Å². The van der Waals surface area contributed by atoms with Gasteiger partial charge in [0, 0.05) is 23.6 Å². The molecule has 2 rings (SSSR count). The number of para-hydroxylation sites is 1. The van der Waals surface area contributed by atoms with Crippen LogP contribution in [-0.4, -0.2) is 18.4 Å². The Bertz CT molecular complexity index is 666. The van der Waals surface area contributed by atoms with Crippen molar-refractivity contribution in [3.63, 3.8) is 0 Å². The molecule has 112 valence electrons. The Morgan fingerprint density at radius 1 is 1.05 bits per heavy atom. The lowest BCUT2D eigenvalue weighted by molar-refractivity contribution is -0.137. The van der Waals surface area contributed by atoms with E-state index in [4.69, 9.17) is 5.73 Å². The maximum atomic E-state index is 12.5. The Morgan fingerprint density at radius 2 is 1.64 bits per heavy atom. The minimum absolute atomic E-state index is 0.231. The number of nitrogen functional groups attached to an aromatic ring is 1. The Morgan fingerprint density at radius 3 is 2.23 bits per heavy atom. The van der Waals surface area contributed by atoms with Crippen LogP contribution in [0.15, 0.2) is 67.3 Å². The van der Waals surface area contributed by atoms with Gasteiger partial charge in [-0.25, -0.2) is 0 Å². The molecule has 0 aliphatic rings. The van der Waals surface area contributed by atoms with Crippen molar-refractivity contribution in [3.8, 4) is 0 Å². The smallest absolute Gasteiger partial charge is 0.320 e.